The first-order valence-electron chi connectivity index (χ1n) is 8.12. The Hall–Kier alpha value is -3.66. The van der Waals surface area contributed by atoms with Crippen LogP contribution in [0.4, 0.5) is 11.4 Å². The lowest BCUT2D eigenvalue weighted by Gasteiger charge is -2.30. The average molecular weight is 400 g/mol. The van der Waals surface area contributed by atoms with Gasteiger partial charge in [-0.2, -0.15) is 0 Å². The van der Waals surface area contributed by atoms with E-state index in [0.29, 0.717) is 11.3 Å². The molecule has 2 aromatic rings. The van der Waals surface area contributed by atoms with Crippen molar-refractivity contribution in [2.24, 2.45) is 0 Å². The number of amides is 1. The number of carbonyl (C=O) groups excluding carboxylic acids is 1. The number of carbonyl (C=O) groups is 1. The summed E-state index contributed by atoms with van der Waals surface area (Å²) in [5.74, 6) is -0.866. The van der Waals surface area contributed by atoms with Gasteiger partial charge in [0.1, 0.15) is 11.5 Å². The molecular weight excluding hydrogens is 384 g/mol. The van der Waals surface area contributed by atoms with Crippen molar-refractivity contribution >= 4 is 34.6 Å². The lowest BCUT2D eigenvalue weighted by Crippen LogP contribution is -2.45. The summed E-state index contributed by atoms with van der Waals surface area (Å²) >= 11 is 5.15. The van der Waals surface area contributed by atoms with E-state index in [1.165, 1.54) is 36.4 Å². The number of nitro groups is 1. The molecule has 28 heavy (non-hydrogen) atoms. The van der Waals surface area contributed by atoms with E-state index in [4.69, 9.17) is 12.2 Å². The molecule has 0 aliphatic carbocycles. The molecule has 1 unspecified atom stereocenters. The van der Waals surface area contributed by atoms with E-state index >= 15 is 0 Å². The van der Waals surface area contributed by atoms with Crippen molar-refractivity contribution in [3.05, 3.63) is 69.4 Å². The number of non-ortho nitro benzene ring substituents is 1. The predicted octanol–water partition coefficient (Wildman–Crippen LogP) is 2.44. The Labute approximate surface area is 164 Å². The highest BCUT2D eigenvalue weighted by Crippen LogP contribution is 2.35. The molecule has 1 amide bonds. The van der Waals surface area contributed by atoms with Gasteiger partial charge >= 0.3 is 0 Å². The molecule has 0 saturated carbocycles. The lowest BCUT2D eigenvalue weighted by atomic mass is 9.94. The van der Waals surface area contributed by atoms with Crippen LogP contribution in [-0.4, -0.2) is 26.2 Å². The van der Waals surface area contributed by atoms with Crippen molar-refractivity contribution in [1.82, 2.24) is 10.6 Å². The van der Waals surface area contributed by atoms with Crippen LogP contribution >= 0.6 is 12.2 Å². The summed E-state index contributed by atoms with van der Waals surface area (Å²) in [5.41, 5.74) is 1.13. The number of nitro benzene ring substituents is 1. The number of rotatable bonds is 4. The van der Waals surface area contributed by atoms with Gasteiger partial charge in [0.15, 0.2) is 5.11 Å². The zero-order valence-corrected chi connectivity index (χ0v) is 15.4. The van der Waals surface area contributed by atoms with Crippen LogP contribution in [0, 0.1) is 10.1 Å². The molecule has 1 heterocycles. The maximum absolute atomic E-state index is 12.9. The Morgan fingerprint density at radius 2 is 2.00 bits per heavy atom. The summed E-state index contributed by atoms with van der Waals surface area (Å²) in [6.07, 6.45) is 0. The Balaban J connectivity index is 1.97. The minimum absolute atomic E-state index is 0.124. The maximum atomic E-state index is 12.9. The number of nitrogens with one attached hydrogen (secondary N) is 3. The molecule has 1 atom stereocenters. The van der Waals surface area contributed by atoms with Gasteiger partial charge in [0.25, 0.3) is 11.6 Å². The highest BCUT2D eigenvalue weighted by atomic mass is 32.1. The Morgan fingerprint density at radius 3 is 2.68 bits per heavy atom. The molecule has 9 nitrogen and oxygen atoms in total. The van der Waals surface area contributed by atoms with E-state index in [-0.39, 0.29) is 33.6 Å². The zero-order chi connectivity index (χ0) is 20.4. The van der Waals surface area contributed by atoms with Crippen LogP contribution in [0.25, 0.3) is 0 Å². The van der Waals surface area contributed by atoms with Crippen LogP contribution in [-0.2, 0) is 4.79 Å². The normalized spacial score (nSPS) is 16.2. The molecule has 10 heteroatoms. The summed E-state index contributed by atoms with van der Waals surface area (Å²) in [6.45, 7) is 1.65. The number of nitrogens with zero attached hydrogens (tertiary/aromatic N) is 1. The second-order valence-electron chi connectivity index (χ2n) is 6.07. The zero-order valence-electron chi connectivity index (χ0n) is 14.6. The topological polar surface area (TPSA) is 137 Å². The van der Waals surface area contributed by atoms with E-state index in [9.17, 15) is 25.1 Å². The molecular formula is C18H16N4O5S. The van der Waals surface area contributed by atoms with Gasteiger partial charge in [-0.05, 0) is 37.3 Å². The predicted molar refractivity (Wildman–Crippen MR) is 106 cm³/mol. The Bertz CT molecular complexity index is 1020. The third kappa shape index (κ3) is 3.86. The summed E-state index contributed by atoms with van der Waals surface area (Å²) < 4.78 is 0. The fraction of sp³-hybridized carbons (Fsp3) is 0.111. The Morgan fingerprint density at radius 1 is 1.25 bits per heavy atom. The highest BCUT2D eigenvalue weighted by molar-refractivity contribution is 7.80. The minimum atomic E-state index is -0.784. The number of anilines is 1. The molecule has 5 N–H and O–H groups in total. The molecule has 1 aliphatic heterocycles. The number of hydrogen-bond acceptors (Lipinski definition) is 6. The van der Waals surface area contributed by atoms with Gasteiger partial charge in [0.2, 0.25) is 0 Å². The quantitative estimate of drug-likeness (QED) is 0.300. The molecule has 0 aromatic heterocycles. The fourth-order valence-electron chi connectivity index (χ4n) is 2.90. The number of phenols is 2. The van der Waals surface area contributed by atoms with E-state index in [1.54, 1.807) is 6.92 Å². The van der Waals surface area contributed by atoms with E-state index in [2.05, 4.69) is 16.0 Å². The minimum Gasteiger partial charge on any atom is -0.508 e. The molecule has 0 spiro atoms. The first-order valence-corrected chi connectivity index (χ1v) is 8.53. The molecule has 0 radical (unpaired) electrons. The molecule has 144 valence electrons. The van der Waals surface area contributed by atoms with Crippen molar-refractivity contribution in [3.8, 4) is 11.5 Å². The van der Waals surface area contributed by atoms with Gasteiger partial charge in [0, 0.05) is 35.1 Å². The summed E-state index contributed by atoms with van der Waals surface area (Å²) in [6, 6.07) is 8.79. The monoisotopic (exact) mass is 400 g/mol. The number of hydrogen-bond donors (Lipinski definition) is 5. The van der Waals surface area contributed by atoms with Crippen LogP contribution in [0.15, 0.2) is 53.7 Å². The molecule has 0 bridgehead atoms. The van der Waals surface area contributed by atoms with Crippen molar-refractivity contribution in [3.63, 3.8) is 0 Å². The van der Waals surface area contributed by atoms with Crippen LogP contribution in [0.5, 0.6) is 11.5 Å². The molecule has 1 aliphatic rings. The molecule has 3 rings (SSSR count). The SMILES string of the molecule is CC1=C(C(=O)Nc2cccc([N+](=O)[O-])c2)C(c2ccc(O)cc2O)NC(=S)N1. The largest absolute Gasteiger partial charge is 0.508 e. The smallest absolute Gasteiger partial charge is 0.271 e. The number of phenolic OH excluding ortho intramolecular Hbond substituents is 2. The highest BCUT2D eigenvalue weighted by Gasteiger charge is 2.31. The van der Waals surface area contributed by atoms with E-state index in [1.807, 2.05) is 0 Å². The van der Waals surface area contributed by atoms with Gasteiger partial charge in [-0.25, -0.2) is 0 Å². The average Bonchev–Trinajstić information content (AvgIpc) is 2.61. The summed E-state index contributed by atoms with van der Waals surface area (Å²) in [4.78, 5) is 23.3. The van der Waals surface area contributed by atoms with Crippen LogP contribution in [0.3, 0.4) is 0 Å². The number of aromatic hydroxyl groups is 2. The van der Waals surface area contributed by atoms with Gasteiger partial charge in [-0.3, -0.25) is 14.9 Å². The maximum Gasteiger partial charge on any atom is 0.271 e. The van der Waals surface area contributed by atoms with Gasteiger partial charge in [-0.1, -0.05) is 6.07 Å². The second-order valence-corrected chi connectivity index (χ2v) is 6.48. The van der Waals surface area contributed by atoms with E-state index < -0.39 is 16.9 Å². The number of thiocarbonyl (C=S) groups is 1. The first-order chi connectivity index (χ1) is 13.3. The van der Waals surface area contributed by atoms with Crippen LogP contribution in [0.2, 0.25) is 0 Å². The number of allylic oxidation sites excluding steroid dienone is 1. The summed E-state index contributed by atoms with van der Waals surface area (Å²) in [7, 11) is 0. The summed E-state index contributed by atoms with van der Waals surface area (Å²) in [5, 5.41) is 39.3. The van der Waals surface area contributed by atoms with Gasteiger partial charge < -0.3 is 26.2 Å². The van der Waals surface area contributed by atoms with Crippen LogP contribution < -0.4 is 16.0 Å². The van der Waals surface area contributed by atoms with Gasteiger partial charge in [0.05, 0.1) is 16.5 Å². The fourth-order valence-corrected chi connectivity index (χ4v) is 3.17. The van der Waals surface area contributed by atoms with Gasteiger partial charge in [-0.15, -0.1) is 0 Å². The third-order valence-corrected chi connectivity index (χ3v) is 4.37. The molecule has 2 aromatic carbocycles. The van der Waals surface area contributed by atoms with E-state index in [0.717, 1.165) is 6.07 Å². The van der Waals surface area contributed by atoms with Crippen molar-refractivity contribution in [1.29, 1.82) is 0 Å². The Kier molecular flexibility index (Phi) is 5.14. The molecule has 0 saturated heterocycles. The first kappa shape index (κ1) is 19.1. The standard InChI is InChI=1S/C18H16N4O5S/c1-9-15(17(25)20-10-3-2-4-11(7-10)22(26)27)16(21-18(28)19-9)13-6-5-12(23)8-14(13)24/h2-8,16,23-24H,1H3,(H,20,25)(H2,19,21,28). The number of benzene rings is 2. The lowest BCUT2D eigenvalue weighted by molar-refractivity contribution is -0.384. The molecule has 0 fully saturated rings. The van der Waals surface area contributed by atoms with Crippen molar-refractivity contribution in [2.75, 3.05) is 5.32 Å². The third-order valence-electron chi connectivity index (χ3n) is 4.15. The van der Waals surface area contributed by atoms with Crippen LogP contribution in [0.1, 0.15) is 18.5 Å². The van der Waals surface area contributed by atoms with Crippen molar-refractivity contribution < 1.29 is 19.9 Å². The second kappa shape index (κ2) is 7.53. The van der Waals surface area contributed by atoms with Crippen molar-refractivity contribution in [2.45, 2.75) is 13.0 Å².